The second-order valence-electron chi connectivity index (χ2n) is 13.0. The van der Waals surface area contributed by atoms with E-state index in [0.29, 0.717) is 38.5 Å². The van der Waals surface area contributed by atoms with Crippen LogP contribution in [0.15, 0.2) is 0 Å². The summed E-state index contributed by atoms with van der Waals surface area (Å²) in [6.07, 6.45) is 11.4. The third-order valence-electron chi connectivity index (χ3n) is 9.12. The summed E-state index contributed by atoms with van der Waals surface area (Å²) in [4.78, 5) is 63.1. The Hall–Kier alpha value is -2.86. The van der Waals surface area contributed by atoms with Crippen molar-refractivity contribution in [3.8, 4) is 0 Å². The average molecular weight is 623 g/mol. The number of halogens is 1. The first-order valence-corrected chi connectivity index (χ1v) is 16.8. The van der Waals surface area contributed by atoms with Crippen LogP contribution in [0, 0.1) is 17.8 Å². The predicted octanol–water partition coefficient (Wildman–Crippen LogP) is 2.27. The van der Waals surface area contributed by atoms with Gasteiger partial charge in [0.2, 0.25) is 31.6 Å². The highest BCUT2D eigenvalue weighted by Crippen LogP contribution is 2.29. The Labute approximate surface area is 263 Å². The summed E-state index contributed by atoms with van der Waals surface area (Å²) in [5, 5.41) is 13.9. The second kappa shape index (κ2) is 20.2. The minimum absolute atomic E-state index is 0.0344. The number of nitrogens with two attached hydrogens (primary N) is 1. The van der Waals surface area contributed by atoms with Gasteiger partial charge in [0.15, 0.2) is 0 Å². The van der Waals surface area contributed by atoms with E-state index in [1.165, 1.54) is 33.7 Å². The number of nitrogens with one attached hydrogen (secondary N) is 5. The molecule has 0 aromatic carbocycles. The van der Waals surface area contributed by atoms with E-state index in [9.17, 15) is 28.4 Å². The molecule has 0 aromatic rings. The lowest BCUT2D eigenvalue weighted by molar-refractivity contribution is -0.133. The Morgan fingerprint density at radius 2 is 1.43 bits per heavy atom. The van der Waals surface area contributed by atoms with Gasteiger partial charge < -0.3 is 32.2 Å². The second-order valence-corrected chi connectivity index (χ2v) is 13.0. The van der Waals surface area contributed by atoms with Crippen LogP contribution < -0.4 is 32.2 Å². The summed E-state index contributed by atoms with van der Waals surface area (Å²) in [5.74, 6) is -1.33. The molecular formula is C31H56BFN6O5. The summed E-state index contributed by atoms with van der Waals surface area (Å²) in [7, 11) is 1.48. The monoisotopic (exact) mass is 622 g/mol. The van der Waals surface area contributed by atoms with E-state index in [-0.39, 0.29) is 60.9 Å². The molecule has 6 amide bonds. The van der Waals surface area contributed by atoms with Crippen LogP contribution in [0.2, 0.25) is 0 Å². The van der Waals surface area contributed by atoms with Gasteiger partial charge in [0.1, 0.15) is 18.3 Å². The molecule has 11 nitrogen and oxygen atoms in total. The van der Waals surface area contributed by atoms with Crippen molar-refractivity contribution in [3.63, 3.8) is 0 Å². The number of urea groups is 1. The zero-order valence-electron chi connectivity index (χ0n) is 27.1. The Morgan fingerprint density at radius 3 is 2.00 bits per heavy atom. The maximum atomic E-state index is 13.7. The van der Waals surface area contributed by atoms with Crippen LogP contribution in [0.4, 0.5) is 9.18 Å². The number of carbonyl (C=O) groups excluding carboxylic acids is 5. The molecule has 0 bridgehead atoms. The molecule has 0 radical (unpaired) electrons. The first-order chi connectivity index (χ1) is 21.0. The molecule has 44 heavy (non-hydrogen) atoms. The molecule has 2 aliphatic carbocycles. The molecule has 2 aliphatic rings. The largest absolute Gasteiger partial charge is 0.404 e. The number of amides is 6. The van der Waals surface area contributed by atoms with E-state index in [1.54, 1.807) is 0 Å². The van der Waals surface area contributed by atoms with Gasteiger partial charge in [-0.3, -0.25) is 19.2 Å². The molecular weight excluding hydrogens is 566 g/mol. The lowest BCUT2D eigenvalue weighted by atomic mass is 9.84. The average Bonchev–Trinajstić information content (AvgIpc) is 3.13. The fraction of sp³-hybridized carbons (Fsp3) is 0.839. The van der Waals surface area contributed by atoms with Crippen LogP contribution in [0.3, 0.4) is 0 Å². The van der Waals surface area contributed by atoms with Crippen LogP contribution in [-0.4, -0.2) is 68.5 Å². The molecule has 2 rings (SSSR count). The van der Waals surface area contributed by atoms with Crippen molar-refractivity contribution in [2.24, 2.45) is 23.5 Å². The molecule has 13 heteroatoms. The van der Waals surface area contributed by atoms with Gasteiger partial charge in [0.25, 0.3) is 0 Å². The molecule has 0 saturated heterocycles. The maximum Gasteiger partial charge on any atom is 0.312 e. The van der Waals surface area contributed by atoms with Crippen molar-refractivity contribution >= 4 is 37.6 Å². The van der Waals surface area contributed by atoms with Crippen molar-refractivity contribution in [2.45, 2.75) is 141 Å². The molecule has 2 fully saturated rings. The summed E-state index contributed by atoms with van der Waals surface area (Å²) >= 11 is 0. The van der Waals surface area contributed by atoms with E-state index in [4.69, 9.17) is 5.73 Å². The Bertz CT molecular complexity index is 923. The van der Waals surface area contributed by atoms with Crippen molar-refractivity contribution in [1.29, 1.82) is 0 Å². The third-order valence-corrected chi connectivity index (χ3v) is 9.12. The van der Waals surface area contributed by atoms with Crippen molar-refractivity contribution < 1.29 is 28.4 Å². The van der Waals surface area contributed by atoms with Gasteiger partial charge in [-0.05, 0) is 69.6 Å². The normalized spacial score (nSPS) is 21.8. The van der Waals surface area contributed by atoms with Crippen LogP contribution >= 0.6 is 0 Å². The SMILES string of the molecule is BNC(=O)[C@H](CCCNC(N)=O)NC(=O)C(NC(=O)CC[C@H](NC(=O)C1CCC(F)CC1)C1CCCCCCCC1)C(C)C. The lowest BCUT2D eigenvalue weighted by Gasteiger charge is -2.31. The Balaban J connectivity index is 2.03. The maximum absolute atomic E-state index is 13.7. The highest BCUT2D eigenvalue weighted by Gasteiger charge is 2.32. The van der Waals surface area contributed by atoms with Gasteiger partial charge in [-0.15, -0.1) is 0 Å². The van der Waals surface area contributed by atoms with E-state index < -0.39 is 30.2 Å². The van der Waals surface area contributed by atoms with E-state index in [1.807, 2.05) is 13.8 Å². The molecule has 0 aromatic heterocycles. The van der Waals surface area contributed by atoms with Gasteiger partial charge >= 0.3 is 6.03 Å². The molecule has 0 heterocycles. The van der Waals surface area contributed by atoms with Gasteiger partial charge in [-0.25, -0.2) is 9.18 Å². The first-order valence-electron chi connectivity index (χ1n) is 16.8. The van der Waals surface area contributed by atoms with Crippen molar-refractivity contribution in [3.05, 3.63) is 0 Å². The van der Waals surface area contributed by atoms with Crippen LogP contribution in [0.1, 0.15) is 117 Å². The standard InChI is InChI=1S/C31H56BFN6O5/c1-20(2)27(30(43)37-25(29(42)39-32)12-9-19-35-31(34)44)38-26(40)18-17-24(21-10-7-5-3-4-6-8-11-21)36-28(41)22-13-15-23(33)16-14-22/h20-25,27H,3-19,32H2,1-2H3,(H,36,41)(H,37,43)(H,38,40)(H,39,42)(H3,34,35,44)/t22?,23?,24-,25-,27?/m0/s1. The number of carbonyl (C=O) groups is 5. The van der Waals surface area contributed by atoms with E-state index in [0.717, 1.165) is 25.7 Å². The highest BCUT2D eigenvalue weighted by molar-refractivity contribution is 6.15. The quantitative estimate of drug-likeness (QED) is 0.121. The molecule has 250 valence electrons. The summed E-state index contributed by atoms with van der Waals surface area (Å²) in [6, 6.07) is -2.51. The minimum atomic E-state index is -0.854. The van der Waals surface area contributed by atoms with Gasteiger partial charge in [-0.2, -0.15) is 0 Å². The molecule has 2 saturated carbocycles. The zero-order chi connectivity index (χ0) is 32.5. The van der Waals surface area contributed by atoms with Gasteiger partial charge in [0.05, 0.1) is 0 Å². The summed E-state index contributed by atoms with van der Waals surface area (Å²) < 4.78 is 13.7. The molecule has 7 N–H and O–H groups in total. The smallest absolute Gasteiger partial charge is 0.312 e. The Kier molecular flexibility index (Phi) is 17.2. The van der Waals surface area contributed by atoms with Gasteiger partial charge in [0, 0.05) is 24.9 Å². The lowest BCUT2D eigenvalue weighted by Crippen LogP contribution is -2.55. The first kappa shape index (κ1) is 37.3. The third kappa shape index (κ3) is 13.8. The molecule has 1 unspecified atom stereocenters. The number of alkyl halides is 1. The number of rotatable bonds is 15. The van der Waals surface area contributed by atoms with Crippen LogP contribution in [-0.2, 0) is 19.2 Å². The Morgan fingerprint density at radius 1 is 0.818 bits per heavy atom. The van der Waals surface area contributed by atoms with E-state index in [2.05, 4.69) is 26.5 Å². The topological polar surface area (TPSA) is 172 Å². The highest BCUT2D eigenvalue weighted by atomic mass is 19.1. The van der Waals surface area contributed by atoms with Crippen molar-refractivity contribution in [1.82, 2.24) is 26.5 Å². The number of primary amides is 1. The fourth-order valence-electron chi connectivity index (χ4n) is 6.40. The van der Waals surface area contributed by atoms with E-state index >= 15 is 0 Å². The van der Waals surface area contributed by atoms with Crippen molar-refractivity contribution in [2.75, 3.05) is 6.54 Å². The molecule has 0 spiro atoms. The van der Waals surface area contributed by atoms with Crippen LogP contribution in [0.5, 0.6) is 0 Å². The molecule has 0 aliphatic heterocycles. The number of hydrogen-bond donors (Lipinski definition) is 6. The molecule has 3 atom stereocenters. The summed E-state index contributed by atoms with van der Waals surface area (Å²) in [6.45, 7) is 3.91. The number of hydrogen-bond acceptors (Lipinski definition) is 5. The van der Waals surface area contributed by atoms with Crippen LogP contribution in [0.25, 0.3) is 0 Å². The van der Waals surface area contributed by atoms with Gasteiger partial charge in [-0.1, -0.05) is 52.4 Å². The summed E-state index contributed by atoms with van der Waals surface area (Å²) in [5.41, 5.74) is 5.09. The zero-order valence-corrected chi connectivity index (χ0v) is 27.1. The predicted molar refractivity (Wildman–Crippen MR) is 171 cm³/mol. The fourth-order valence-corrected chi connectivity index (χ4v) is 6.40. The minimum Gasteiger partial charge on any atom is -0.404 e.